The van der Waals surface area contributed by atoms with E-state index in [2.05, 4.69) is 10.1 Å². The third-order valence-corrected chi connectivity index (χ3v) is 5.87. The molecule has 3 rings (SSSR count). The van der Waals surface area contributed by atoms with Gasteiger partial charge in [0, 0.05) is 25.6 Å². The summed E-state index contributed by atoms with van der Waals surface area (Å²) in [7, 11) is -1.39. The number of carbonyl (C=O) groups is 1. The molecule has 1 saturated heterocycles. The highest BCUT2D eigenvalue weighted by Crippen LogP contribution is 2.20. The van der Waals surface area contributed by atoms with Crippen LogP contribution in [0.2, 0.25) is 0 Å². The van der Waals surface area contributed by atoms with Crippen LogP contribution < -0.4 is 4.74 Å². The van der Waals surface area contributed by atoms with Crippen LogP contribution in [0.1, 0.15) is 28.5 Å². The number of hydrogen-bond donors (Lipinski definition) is 0. The van der Waals surface area contributed by atoms with Gasteiger partial charge in [-0.3, -0.25) is 4.79 Å². The lowest BCUT2D eigenvalue weighted by Crippen LogP contribution is -2.37. The Balaban J connectivity index is 1.60. The van der Waals surface area contributed by atoms with E-state index in [-0.39, 0.29) is 30.1 Å². The van der Waals surface area contributed by atoms with E-state index in [0.717, 1.165) is 0 Å². The molecule has 9 heteroatoms. The van der Waals surface area contributed by atoms with E-state index in [1.54, 1.807) is 38.2 Å². The maximum atomic E-state index is 12.5. The first-order valence-electron chi connectivity index (χ1n) is 7.84. The minimum Gasteiger partial charge on any atom is -0.485 e. The highest BCUT2D eigenvalue weighted by molar-refractivity contribution is 7.91. The first kappa shape index (κ1) is 17.4. The van der Waals surface area contributed by atoms with E-state index in [1.807, 2.05) is 0 Å². The number of ether oxygens (including phenoxy) is 1. The molecule has 134 valence electrons. The number of hydrogen-bond acceptors (Lipinski definition) is 7. The van der Waals surface area contributed by atoms with Gasteiger partial charge >= 0.3 is 0 Å². The highest BCUT2D eigenvalue weighted by atomic mass is 32.2. The van der Waals surface area contributed by atoms with Gasteiger partial charge in [-0.25, -0.2) is 8.42 Å². The van der Waals surface area contributed by atoms with Crippen molar-refractivity contribution < 1.29 is 22.5 Å². The molecule has 25 heavy (non-hydrogen) atoms. The van der Waals surface area contributed by atoms with Crippen molar-refractivity contribution in [2.45, 2.75) is 26.0 Å². The summed E-state index contributed by atoms with van der Waals surface area (Å²) in [5, 5.41) is 3.73. The lowest BCUT2D eigenvalue weighted by atomic mass is 10.1. The molecule has 8 nitrogen and oxygen atoms in total. The van der Waals surface area contributed by atoms with Crippen molar-refractivity contribution in [2.75, 3.05) is 18.6 Å². The van der Waals surface area contributed by atoms with E-state index >= 15 is 0 Å². The van der Waals surface area contributed by atoms with Gasteiger partial charge in [-0.15, -0.1) is 0 Å². The average molecular weight is 365 g/mol. The Kier molecular flexibility index (Phi) is 4.76. The number of sulfone groups is 1. The summed E-state index contributed by atoms with van der Waals surface area (Å²) >= 11 is 0. The minimum atomic E-state index is -3.03. The van der Waals surface area contributed by atoms with Crippen LogP contribution in [0, 0.1) is 6.92 Å². The van der Waals surface area contributed by atoms with E-state index in [9.17, 15) is 13.2 Å². The number of aryl methyl sites for hydroxylation is 1. The molecule has 0 saturated carbocycles. The van der Waals surface area contributed by atoms with Crippen LogP contribution in [0.3, 0.4) is 0 Å². The fraction of sp³-hybridized carbons (Fsp3) is 0.438. The van der Waals surface area contributed by atoms with Crippen LogP contribution in [-0.4, -0.2) is 54.0 Å². The zero-order valence-electron chi connectivity index (χ0n) is 14.0. The molecule has 1 amide bonds. The van der Waals surface area contributed by atoms with Gasteiger partial charge in [0.1, 0.15) is 5.75 Å². The SMILES string of the molecule is Cc1nc(COc2ccc(C(=O)N(C)[C@@H]3CCS(=O)(=O)C3)cc2)no1. The van der Waals surface area contributed by atoms with Crippen LogP contribution in [-0.2, 0) is 16.4 Å². The second kappa shape index (κ2) is 6.83. The molecular weight excluding hydrogens is 346 g/mol. The monoisotopic (exact) mass is 365 g/mol. The predicted molar refractivity (Wildman–Crippen MR) is 89.0 cm³/mol. The van der Waals surface area contributed by atoms with Gasteiger partial charge in [0.05, 0.1) is 11.5 Å². The van der Waals surface area contributed by atoms with Crippen molar-refractivity contribution in [1.82, 2.24) is 15.0 Å². The molecule has 1 aromatic heterocycles. The third-order valence-electron chi connectivity index (χ3n) is 4.12. The molecule has 1 aliphatic rings. The molecule has 2 heterocycles. The van der Waals surface area contributed by atoms with Gasteiger partial charge in [0.15, 0.2) is 16.4 Å². The zero-order chi connectivity index (χ0) is 18.0. The van der Waals surface area contributed by atoms with Crippen molar-refractivity contribution in [2.24, 2.45) is 0 Å². The van der Waals surface area contributed by atoms with Crippen molar-refractivity contribution in [3.63, 3.8) is 0 Å². The lowest BCUT2D eigenvalue weighted by molar-refractivity contribution is 0.0747. The Labute approximate surface area is 145 Å². The zero-order valence-corrected chi connectivity index (χ0v) is 14.8. The summed E-state index contributed by atoms with van der Waals surface area (Å²) in [5.41, 5.74) is 0.481. The van der Waals surface area contributed by atoms with E-state index in [0.29, 0.717) is 29.4 Å². The van der Waals surface area contributed by atoms with Crippen molar-refractivity contribution >= 4 is 15.7 Å². The maximum absolute atomic E-state index is 12.5. The van der Waals surface area contributed by atoms with Crippen molar-refractivity contribution in [3.05, 3.63) is 41.5 Å². The quantitative estimate of drug-likeness (QED) is 0.785. The van der Waals surface area contributed by atoms with Gasteiger partial charge in [-0.05, 0) is 30.7 Å². The summed E-state index contributed by atoms with van der Waals surface area (Å²) in [6.45, 7) is 1.87. The molecule has 0 unspecified atom stereocenters. The number of rotatable bonds is 5. The maximum Gasteiger partial charge on any atom is 0.253 e. The standard InChI is InChI=1S/C16H19N3O5S/c1-11-17-15(18-24-11)9-23-14-5-3-12(4-6-14)16(20)19(2)13-7-8-25(21,22)10-13/h3-6,13H,7-10H2,1-2H3/t13-/m1/s1. The summed E-state index contributed by atoms with van der Waals surface area (Å²) in [6.07, 6.45) is 0.482. The molecule has 2 aromatic rings. The Morgan fingerprint density at radius 1 is 1.36 bits per heavy atom. The first-order chi connectivity index (χ1) is 11.8. The Morgan fingerprint density at radius 2 is 2.08 bits per heavy atom. The first-order valence-corrected chi connectivity index (χ1v) is 9.66. The minimum absolute atomic E-state index is 0.0283. The Hall–Kier alpha value is -2.42. The van der Waals surface area contributed by atoms with Crippen molar-refractivity contribution in [3.8, 4) is 5.75 Å². The largest absolute Gasteiger partial charge is 0.485 e. The average Bonchev–Trinajstić information content (AvgIpc) is 3.17. The molecule has 1 aromatic carbocycles. The van der Waals surface area contributed by atoms with E-state index in [1.165, 1.54) is 4.90 Å². The molecule has 0 bridgehead atoms. The highest BCUT2D eigenvalue weighted by Gasteiger charge is 2.33. The van der Waals surface area contributed by atoms with E-state index < -0.39 is 9.84 Å². The van der Waals surface area contributed by atoms with Gasteiger partial charge < -0.3 is 14.2 Å². The molecule has 0 aliphatic carbocycles. The van der Waals surface area contributed by atoms with Crippen LogP contribution in [0.15, 0.2) is 28.8 Å². The van der Waals surface area contributed by atoms with Gasteiger partial charge in [-0.1, -0.05) is 5.16 Å². The van der Waals surface area contributed by atoms with Crippen LogP contribution in [0.4, 0.5) is 0 Å². The second-order valence-electron chi connectivity index (χ2n) is 6.02. The van der Waals surface area contributed by atoms with Crippen LogP contribution in [0.25, 0.3) is 0 Å². The normalized spacial score (nSPS) is 18.9. The second-order valence-corrected chi connectivity index (χ2v) is 8.24. The molecule has 1 atom stereocenters. The molecule has 1 fully saturated rings. The Morgan fingerprint density at radius 3 is 2.64 bits per heavy atom. The topological polar surface area (TPSA) is 103 Å². The van der Waals surface area contributed by atoms with E-state index in [4.69, 9.17) is 9.26 Å². The summed E-state index contributed by atoms with van der Waals surface area (Å²) in [6, 6.07) is 6.40. The van der Waals surface area contributed by atoms with Gasteiger partial charge in [0.2, 0.25) is 11.7 Å². The molecule has 0 radical (unpaired) electrons. The number of amides is 1. The fourth-order valence-corrected chi connectivity index (χ4v) is 4.47. The van der Waals surface area contributed by atoms with Crippen LogP contribution >= 0.6 is 0 Å². The van der Waals surface area contributed by atoms with Crippen molar-refractivity contribution in [1.29, 1.82) is 0 Å². The Bertz CT molecular complexity index is 860. The summed E-state index contributed by atoms with van der Waals surface area (Å²) in [4.78, 5) is 18.0. The smallest absolute Gasteiger partial charge is 0.253 e. The molecule has 1 aliphatic heterocycles. The summed E-state index contributed by atoms with van der Waals surface area (Å²) < 4.78 is 33.5. The number of benzene rings is 1. The molecule has 0 N–H and O–H groups in total. The fourth-order valence-electron chi connectivity index (χ4n) is 2.69. The van der Waals surface area contributed by atoms with Gasteiger partial charge in [0.25, 0.3) is 5.91 Å². The number of aromatic nitrogens is 2. The third kappa shape index (κ3) is 4.16. The number of nitrogens with zero attached hydrogens (tertiary/aromatic N) is 3. The van der Waals surface area contributed by atoms with Gasteiger partial charge in [-0.2, -0.15) is 4.98 Å². The predicted octanol–water partition coefficient (Wildman–Crippen LogP) is 1.22. The lowest BCUT2D eigenvalue weighted by Gasteiger charge is -2.23. The summed E-state index contributed by atoms with van der Waals surface area (Å²) in [5.74, 6) is 1.45. The van der Waals surface area contributed by atoms with Crippen LogP contribution in [0.5, 0.6) is 5.75 Å². The molecular formula is C16H19N3O5S. The number of carbonyl (C=O) groups excluding carboxylic acids is 1. The molecule has 0 spiro atoms.